The van der Waals surface area contributed by atoms with Crippen molar-refractivity contribution >= 4 is 21.6 Å². The Kier molecular flexibility index (Phi) is 6.10. The Morgan fingerprint density at radius 3 is 2.57 bits per heavy atom. The number of alkyl halides is 3. The third kappa shape index (κ3) is 4.29. The summed E-state index contributed by atoms with van der Waals surface area (Å²) in [5, 5.41) is 11.1. The van der Waals surface area contributed by atoms with Gasteiger partial charge in [0.15, 0.2) is 5.69 Å². The first-order chi connectivity index (χ1) is 13.8. The van der Waals surface area contributed by atoms with Crippen molar-refractivity contribution in [2.75, 3.05) is 5.32 Å². The van der Waals surface area contributed by atoms with Crippen LogP contribution in [0.1, 0.15) is 46.7 Å². The zero-order chi connectivity index (χ0) is 22.4. The predicted molar refractivity (Wildman–Crippen MR) is 112 cm³/mol. The van der Waals surface area contributed by atoms with Crippen LogP contribution in [0.25, 0.3) is 0 Å². The number of hydrogen-bond donors (Lipinski definition) is 1. The van der Waals surface area contributed by atoms with E-state index in [4.69, 9.17) is 0 Å². The summed E-state index contributed by atoms with van der Waals surface area (Å²) in [6.07, 6.45) is -0.855. The first kappa shape index (κ1) is 22.8. The lowest BCUT2D eigenvalue weighted by molar-refractivity contribution is -0.141. The highest BCUT2D eigenvalue weighted by Crippen LogP contribution is 2.48. The minimum atomic E-state index is -4.53. The predicted octanol–water partition coefficient (Wildman–Crippen LogP) is 4.85. The highest BCUT2D eigenvalue weighted by atomic mass is 79.9. The summed E-state index contributed by atoms with van der Waals surface area (Å²) < 4.78 is 40.6. The fourth-order valence-corrected chi connectivity index (χ4v) is 4.58. The Balaban J connectivity index is 1.78. The smallest absolute Gasteiger partial charge is 0.380 e. The molecule has 2 aromatic rings. The van der Waals surface area contributed by atoms with Crippen LogP contribution in [0.15, 0.2) is 27.7 Å². The Hall–Kier alpha value is -1.84. The van der Waals surface area contributed by atoms with Crippen LogP contribution < -0.4 is 10.9 Å². The monoisotopic (exact) mass is 489 g/mol. The molecule has 2 aromatic heterocycles. The van der Waals surface area contributed by atoms with Crippen LogP contribution in [0.3, 0.4) is 0 Å². The molecule has 4 atom stereocenters. The third-order valence-corrected chi connectivity index (χ3v) is 7.78. The zero-order valence-corrected chi connectivity index (χ0v) is 19.3. The molecule has 1 N–H and O–H groups in total. The van der Waals surface area contributed by atoms with E-state index < -0.39 is 17.4 Å². The van der Waals surface area contributed by atoms with E-state index in [0.717, 1.165) is 21.9 Å². The Labute approximate surface area is 182 Å². The van der Waals surface area contributed by atoms with Gasteiger partial charge in [0.1, 0.15) is 11.1 Å². The summed E-state index contributed by atoms with van der Waals surface area (Å²) in [6, 6.07) is 1.06. The van der Waals surface area contributed by atoms with Crippen molar-refractivity contribution < 1.29 is 13.2 Å². The van der Waals surface area contributed by atoms with Crippen LogP contribution in [0.2, 0.25) is 0 Å². The van der Waals surface area contributed by atoms with Gasteiger partial charge in [-0.05, 0) is 51.6 Å². The molecule has 2 heterocycles. The molecule has 30 heavy (non-hydrogen) atoms. The van der Waals surface area contributed by atoms with Gasteiger partial charge in [0.2, 0.25) is 0 Å². The number of aromatic nitrogens is 4. The van der Waals surface area contributed by atoms with Crippen molar-refractivity contribution in [3.8, 4) is 0 Å². The summed E-state index contributed by atoms with van der Waals surface area (Å²) in [5.41, 5.74) is -0.627. The highest BCUT2D eigenvalue weighted by molar-refractivity contribution is 9.10. The molecule has 1 aliphatic rings. The molecule has 0 aromatic carbocycles. The quantitative estimate of drug-likeness (QED) is 0.666. The number of hydrogen-bond acceptors (Lipinski definition) is 4. The second kappa shape index (κ2) is 8.01. The summed E-state index contributed by atoms with van der Waals surface area (Å²) in [7, 11) is 0. The topological polar surface area (TPSA) is 64.7 Å². The molecule has 0 radical (unpaired) electrons. The first-order valence-corrected chi connectivity index (χ1v) is 10.7. The Bertz CT molecular complexity index is 968. The standard InChI is InChI=1S/C20H27BrF3N5O/c1-11-8-14(12(2)13(3)19(11,4)5)26-15-9-25-29(18(30)17(15)21)10-28-7-6-16(27-28)20(22,23)24/h6-7,9,11-14,26H,8,10H2,1-5H3/t11-,12+,13+,14+/m0/s1. The summed E-state index contributed by atoms with van der Waals surface area (Å²) in [5.74, 6) is 1.40. The summed E-state index contributed by atoms with van der Waals surface area (Å²) in [4.78, 5) is 12.7. The molecule has 0 amide bonds. The number of rotatable bonds is 4. The molecule has 0 spiro atoms. The number of anilines is 1. The molecule has 0 unspecified atom stereocenters. The van der Waals surface area contributed by atoms with Gasteiger partial charge in [0.25, 0.3) is 5.56 Å². The molecular weight excluding hydrogens is 463 g/mol. The van der Waals surface area contributed by atoms with Crippen molar-refractivity contribution in [3.63, 3.8) is 0 Å². The van der Waals surface area contributed by atoms with Gasteiger partial charge in [-0.25, -0.2) is 4.68 Å². The van der Waals surface area contributed by atoms with E-state index in [0.29, 0.717) is 27.9 Å². The van der Waals surface area contributed by atoms with E-state index in [-0.39, 0.29) is 18.1 Å². The highest BCUT2D eigenvalue weighted by Gasteiger charge is 2.43. The molecule has 0 saturated heterocycles. The first-order valence-electron chi connectivity index (χ1n) is 9.95. The van der Waals surface area contributed by atoms with Gasteiger partial charge < -0.3 is 5.32 Å². The van der Waals surface area contributed by atoms with Crippen LogP contribution >= 0.6 is 15.9 Å². The van der Waals surface area contributed by atoms with Crippen molar-refractivity contribution in [2.24, 2.45) is 23.2 Å². The molecule has 6 nitrogen and oxygen atoms in total. The largest absolute Gasteiger partial charge is 0.435 e. The zero-order valence-electron chi connectivity index (χ0n) is 17.7. The van der Waals surface area contributed by atoms with Crippen molar-refractivity contribution in [1.29, 1.82) is 0 Å². The fourth-order valence-electron chi connectivity index (χ4n) is 4.16. The van der Waals surface area contributed by atoms with Gasteiger partial charge in [-0.2, -0.15) is 23.4 Å². The normalized spacial score (nSPS) is 26.6. The van der Waals surface area contributed by atoms with Gasteiger partial charge in [0.05, 0.1) is 11.9 Å². The van der Waals surface area contributed by atoms with Gasteiger partial charge in [-0.3, -0.25) is 9.48 Å². The Morgan fingerprint density at radius 1 is 1.30 bits per heavy atom. The van der Waals surface area contributed by atoms with E-state index >= 15 is 0 Å². The maximum atomic E-state index is 12.7. The van der Waals surface area contributed by atoms with E-state index in [1.807, 2.05) is 0 Å². The van der Waals surface area contributed by atoms with Crippen LogP contribution in [-0.2, 0) is 12.8 Å². The van der Waals surface area contributed by atoms with Crippen LogP contribution in [0.4, 0.5) is 18.9 Å². The number of nitrogens with zero attached hydrogens (tertiary/aromatic N) is 4. The van der Waals surface area contributed by atoms with Crippen LogP contribution in [0.5, 0.6) is 0 Å². The van der Waals surface area contributed by atoms with Gasteiger partial charge >= 0.3 is 6.18 Å². The molecule has 0 bridgehead atoms. The lowest BCUT2D eigenvalue weighted by Crippen LogP contribution is -2.48. The molecule has 1 saturated carbocycles. The van der Waals surface area contributed by atoms with E-state index in [2.05, 4.69) is 66.1 Å². The molecular formula is C20H27BrF3N5O. The third-order valence-electron chi connectivity index (χ3n) is 7.01. The summed E-state index contributed by atoms with van der Waals surface area (Å²) in [6.45, 7) is 11.1. The lowest BCUT2D eigenvalue weighted by Gasteiger charge is -2.50. The average molecular weight is 490 g/mol. The molecule has 1 fully saturated rings. The van der Waals surface area contributed by atoms with Crippen molar-refractivity contribution in [1.82, 2.24) is 19.6 Å². The second-order valence-electron chi connectivity index (χ2n) is 8.91. The lowest BCUT2D eigenvalue weighted by atomic mass is 9.58. The van der Waals surface area contributed by atoms with Gasteiger partial charge in [-0.15, -0.1) is 0 Å². The SMILES string of the molecule is C[C@@H]1[C@@H](C)C(C)(C)[C@@H](C)C[C@H]1Nc1cnn(Cn2ccc(C(F)(F)F)n2)c(=O)c1Br. The van der Waals surface area contributed by atoms with Crippen LogP contribution in [-0.4, -0.2) is 25.6 Å². The molecule has 0 aliphatic heterocycles. The van der Waals surface area contributed by atoms with Gasteiger partial charge in [-0.1, -0.05) is 34.6 Å². The number of nitrogens with one attached hydrogen (secondary N) is 1. The maximum Gasteiger partial charge on any atom is 0.435 e. The van der Waals surface area contributed by atoms with Crippen molar-refractivity contribution in [3.05, 3.63) is 39.0 Å². The molecule has 3 rings (SSSR count). The number of halogens is 4. The van der Waals surface area contributed by atoms with E-state index in [9.17, 15) is 18.0 Å². The molecule has 10 heteroatoms. The second-order valence-corrected chi connectivity index (χ2v) is 9.71. The minimum absolute atomic E-state index is 0.192. The van der Waals surface area contributed by atoms with Crippen LogP contribution in [0, 0.1) is 23.2 Å². The molecule has 1 aliphatic carbocycles. The average Bonchev–Trinajstić information content (AvgIpc) is 3.13. The summed E-state index contributed by atoms with van der Waals surface area (Å²) >= 11 is 3.34. The van der Waals surface area contributed by atoms with Gasteiger partial charge in [0, 0.05) is 12.2 Å². The fraction of sp³-hybridized carbons (Fsp3) is 0.650. The Morgan fingerprint density at radius 2 is 1.97 bits per heavy atom. The van der Waals surface area contributed by atoms with E-state index in [1.54, 1.807) is 0 Å². The van der Waals surface area contributed by atoms with E-state index in [1.165, 1.54) is 12.4 Å². The van der Waals surface area contributed by atoms with Crippen molar-refractivity contribution in [2.45, 2.75) is 59.9 Å². The maximum absolute atomic E-state index is 12.7. The minimum Gasteiger partial charge on any atom is -0.380 e. The molecule has 166 valence electrons.